The van der Waals surface area contributed by atoms with Crippen LogP contribution in [0.3, 0.4) is 0 Å². The summed E-state index contributed by atoms with van der Waals surface area (Å²) in [4.78, 5) is 38.4. The van der Waals surface area contributed by atoms with Crippen LogP contribution in [0.15, 0.2) is 36.4 Å². The Morgan fingerprint density at radius 2 is 1.76 bits per heavy atom. The third-order valence-electron chi connectivity index (χ3n) is 6.80. The summed E-state index contributed by atoms with van der Waals surface area (Å²) in [6, 6.07) is 10.1. The van der Waals surface area contributed by atoms with E-state index in [1.54, 1.807) is 26.4 Å². The van der Waals surface area contributed by atoms with Crippen LogP contribution < -0.4 is 19.7 Å². The van der Waals surface area contributed by atoms with Gasteiger partial charge in [0.2, 0.25) is 11.8 Å². The topological polar surface area (TPSA) is 111 Å². The summed E-state index contributed by atoms with van der Waals surface area (Å²) < 4.78 is 10.6. The van der Waals surface area contributed by atoms with E-state index in [9.17, 15) is 19.7 Å². The highest BCUT2D eigenvalue weighted by Gasteiger charge is 2.50. The maximum absolute atomic E-state index is 13.0. The van der Waals surface area contributed by atoms with Gasteiger partial charge in [0.1, 0.15) is 5.69 Å². The molecule has 2 aliphatic rings. The van der Waals surface area contributed by atoms with Gasteiger partial charge in [-0.3, -0.25) is 19.7 Å². The molecule has 1 N–H and O–H groups in total. The highest BCUT2D eigenvalue weighted by atomic mass is 16.6. The molecule has 2 aromatic rings. The van der Waals surface area contributed by atoms with Crippen molar-refractivity contribution in [2.24, 2.45) is 17.8 Å². The number of rotatable bonds is 8. The van der Waals surface area contributed by atoms with Gasteiger partial charge in [0.25, 0.3) is 5.69 Å². The van der Waals surface area contributed by atoms with Crippen LogP contribution in [0.4, 0.5) is 17.1 Å². The first-order valence-electron chi connectivity index (χ1n) is 11.4. The lowest BCUT2D eigenvalue weighted by atomic mass is 9.76. The van der Waals surface area contributed by atoms with E-state index in [1.165, 1.54) is 6.07 Å². The predicted molar refractivity (Wildman–Crippen MR) is 127 cm³/mol. The van der Waals surface area contributed by atoms with Crippen molar-refractivity contribution in [3.63, 3.8) is 0 Å². The second-order valence-corrected chi connectivity index (χ2v) is 8.97. The number of fused-ring (bicyclic) bond motifs is 1. The molecule has 34 heavy (non-hydrogen) atoms. The number of nitro benzene ring substituents is 1. The van der Waals surface area contributed by atoms with Crippen molar-refractivity contribution in [2.45, 2.75) is 32.6 Å². The van der Waals surface area contributed by atoms with Gasteiger partial charge in [0.15, 0.2) is 11.5 Å². The number of hydrogen-bond donors (Lipinski definition) is 1. The molecule has 0 unspecified atom stereocenters. The fraction of sp³-hybridized carbons (Fsp3) is 0.440. The number of anilines is 2. The number of methoxy groups -OCH3 is 2. The summed E-state index contributed by atoms with van der Waals surface area (Å²) >= 11 is 0. The highest BCUT2D eigenvalue weighted by molar-refractivity contribution is 6.22. The Hall–Kier alpha value is -3.62. The molecule has 2 aromatic carbocycles. The standard InChI is InChI=1S/C25H29N3O6/c1-15-4-7-18-19(12-15)25(30)27(24(18)29)17-6-8-20(21(14-17)28(31)32)26-11-10-16-5-9-22(33-2)23(13-16)34-3/h5-6,8-9,13-15,18-19,26H,4,7,10-12H2,1-3H3/t15-,18+,19-/m0/s1. The fourth-order valence-electron chi connectivity index (χ4n) is 4.98. The van der Waals surface area contributed by atoms with Crippen molar-refractivity contribution < 1.29 is 24.0 Å². The lowest BCUT2D eigenvalue weighted by Gasteiger charge is -2.25. The molecule has 180 valence electrons. The van der Waals surface area contributed by atoms with Gasteiger partial charge in [-0.25, -0.2) is 4.90 Å². The molecule has 0 bridgehead atoms. The largest absolute Gasteiger partial charge is 0.493 e. The van der Waals surface area contributed by atoms with Gasteiger partial charge in [-0.1, -0.05) is 13.0 Å². The van der Waals surface area contributed by atoms with Crippen molar-refractivity contribution in [2.75, 3.05) is 31.0 Å². The Kier molecular flexibility index (Phi) is 6.72. The second-order valence-electron chi connectivity index (χ2n) is 8.97. The van der Waals surface area contributed by atoms with Crippen molar-refractivity contribution in [1.82, 2.24) is 0 Å². The zero-order valence-electron chi connectivity index (χ0n) is 19.6. The van der Waals surface area contributed by atoms with Gasteiger partial charge >= 0.3 is 0 Å². The van der Waals surface area contributed by atoms with Crippen LogP contribution in [0.1, 0.15) is 31.7 Å². The Morgan fingerprint density at radius 3 is 2.47 bits per heavy atom. The number of carbonyl (C=O) groups is 2. The van der Waals surface area contributed by atoms with E-state index in [0.717, 1.165) is 16.9 Å². The van der Waals surface area contributed by atoms with Crippen molar-refractivity contribution >= 4 is 28.9 Å². The number of hydrogen-bond acceptors (Lipinski definition) is 7. The monoisotopic (exact) mass is 467 g/mol. The molecule has 2 fully saturated rings. The first-order valence-corrected chi connectivity index (χ1v) is 11.4. The fourth-order valence-corrected chi connectivity index (χ4v) is 4.98. The predicted octanol–water partition coefficient (Wildman–Crippen LogP) is 4.19. The van der Waals surface area contributed by atoms with E-state index in [-0.39, 0.29) is 35.0 Å². The van der Waals surface area contributed by atoms with E-state index < -0.39 is 4.92 Å². The van der Waals surface area contributed by atoms with Crippen molar-refractivity contribution in [3.8, 4) is 11.5 Å². The average molecular weight is 468 g/mol. The summed E-state index contributed by atoms with van der Waals surface area (Å²) in [5.74, 6) is 0.507. The smallest absolute Gasteiger partial charge is 0.294 e. The number of carbonyl (C=O) groups excluding carboxylic acids is 2. The zero-order chi connectivity index (χ0) is 24.4. The van der Waals surface area contributed by atoms with Gasteiger partial charge in [-0.15, -0.1) is 0 Å². The Bertz CT molecular complexity index is 1120. The van der Waals surface area contributed by atoms with Crippen LogP contribution in [-0.4, -0.2) is 37.5 Å². The third kappa shape index (κ3) is 4.42. The maximum Gasteiger partial charge on any atom is 0.294 e. The molecular weight excluding hydrogens is 438 g/mol. The number of benzene rings is 2. The molecular formula is C25H29N3O6. The summed E-state index contributed by atoms with van der Waals surface area (Å²) in [7, 11) is 3.13. The number of nitrogens with zero attached hydrogens (tertiary/aromatic N) is 2. The molecule has 1 aliphatic heterocycles. The minimum absolute atomic E-state index is 0.173. The average Bonchev–Trinajstić information content (AvgIpc) is 3.08. The normalized spacial score (nSPS) is 21.9. The molecule has 9 nitrogen and oxygen atoms in total. The molecule has 0 spiro atoms. The molecule has 1 saturated heterocycles. The van der Waals surface area contributed by atoms with E-state index in [2.05, 4.69) is 12.2 Å². The number of nitro groups is 1. The minimum Gasteiger partial charge on any atom is -0.493 e. The van der Waals surface area contributed by atoms with Gasteiger partial charge in [-0.2, -0.15) is 0 Å². The van der Waals surface area contributed by atoms with Crippen LogP contribution in [-0.2, 0) is 16.0 Å². The number of ether oxygens (including phenoxy) is 2. The van der Waals surface area contributed by atoms with Crippen LogP contribution in [0.5, 0.6) is 11.5 Å². The van der Waals surface area contributed by atoms with Crippen LogP contribution in [0.25, 0.3) is 0 Å². The molecule has 1 aliphatic carbocycles. The van der Waals surface area contributed by atoms with Gasteiger partial charge in [-0.05, 0) is 61.4 Å². The SMILES string of the molecule is COc1ccc(CCNc2ccc(N3C(=O)[C@H]4C[C@@H](C)CC[C@H]4C3=O)cc2[N+](=O)[O-])cc1OC. The van der Waals surface area contributed by atoms with E-state index in [0.29, 0.717) is 48.9 Å². The Labute approximate surface area is 198 Å². The molecule has 4 rings (SSSR count). The second kappa shape index (κ2) is 9.70. The third-order valence-corrected chi connectivity index (χ3v) is 6.80. The number of nitrogens with one attached hydrogen (secondary N) is 1. The Morgan fingerprint density at radius 1 is 1.03 bits per heavy atom. The molecule has 1 saturated carbocycles. The lowest BCUT2D eigenvalue weighted by Crippen LogP contribution is -2.31. The minimum atomic E-state index is -0.498. The van der Waals surface area contributed by atoms with E-state index in [1.807, 2.05) is 18.2 Å². The summed E-state index contributed by atoms with van der Waals surface area (Å²) in [6.45, 7) is 2.53. The highest BCUT2D eigenvalue weighted by Crippen LogP contribution is 2.43. The summed E-state index contributed by atoms with van der Waals surface area (Å²) in [5, 5.41) is 14.9. The van der Waals surface area contributed by atoms with Crippen molar-refractivity contribution in [1.29, 1.82) is 0 Å². The maximum atomic E-state index is 13.0. The van der Waals surface area contributed by atoms with E-state index >= 15 is 0 Å². The van der Waals surface area contributed by atoms with Crippen LogP contribution in [0.2, 0.25) is 0 Å². The summed E-state index contributed by atoms with van der Waals surface area (Å²) in [5.41, 5.74) is 1.40. The first kappa shape index (κ1) is 23.5. The van der Waals surface area contributed by atoms with Gasteiger partial charge in [0.05, 0.1) is 36.7 Å². The zero-order valence-corrected chi connectivity index (χ0v) is 19.6. The Balaban J connectivity index is 1.50. The molecule has 3 atom stereocenters. The van der Waals surface area contributed by atoms with Crippen LogP contribution >= 0.6 is 0 Å². The lowest BCUT2D eigenvalue weighted by molar-refractivity contribution is -0.383. The molecule has 9 heteroatoms. The number of imide groups is 1. The molecule has 1 heterocycles. The van der Waals surface area contributed by atoms with Crippen molar-refractivity contribution in [3.05, 3.63) is 52.1 Å². The molecule has 2 amide bonds. The van der Waals surface area contributed by atoms with Crippen LogP contribution in [0, 0.1) is 27.9 Å². The quantitative estimate of drug-likeness (QED) is 0.352. The van der Waals surface area contributed by atoms with E-state index in [4.69, 9.17) is 9.47 Å². The van der Waals surface area contributed by atoms with Gasteiger partial charge in [0, 0.05) is 12.6 Å². The molecule has 0 radical (unpaired) electrons. The summed E-state index contributed by atoms with van der Waals surface area (Å²) in [6.07, 6.45) is 2.88. The van der Waals surface area contributed by atoms with Gasteiger partial charge < -0.3 is 14.8 Å². The first-order chi connectivity index (χ1) is 16.3. The number of amides is 2. The molecule has 0 aromatic heterocycles.